The van der Waals surface area contributed by atoms with E-state index in [-0.39, 0.29) is 5.91 Å². The monoisotopic (exact) mass is 397 g/mol. The molecule has 0 atom stereocenters. The van der Waals surface area contributed by atoms with Gasteiger partial charge in [0.1, 0.15) is 5.01 Å². The van der Waals surface area contributed by atoms with Gasteiger partial charge in [-0.15, -0.1) is 11.3 Å². The number of carbonyl (C=O) groups is 1. The third-order valence-corrected chi connectivity index (χ3v) is 5.91. The second kappa shape index (κ2) is 8.21. The molecule has 0 unspecified atom stereocenters. The highest BCUT2D eigenvalue weighted by atomic mass is 35.5. The van der Waals surface area contributed by atoms with E-state index < -0.39 is 0 Å². The molecule has 0 radical (unpaired) electrons. The van der Waals surface area contributed by atoms with E-state index in [0.29, 0.717) is 23.7 Å². The molecule has 1 aliphatic heterocycles. The van der Waals surface area contributed by atoms with Crippen molar-refractivity contribution >= 4 is 28.8 Å². The van der Waals surface area contributed by atoms with Crippen molar-refractivity contribution in [3.05, 3.63) is 75.6 Å². The summed E-state index contributed by atoms with van der Waals surface area (Å²) in [6.07, 6.45) is 0. The normalized spacial score (nSPS) is 15.1. The Morgan fingerprint density at radius 1 is 1.00 bits per heavy atom. The van der Waals surface area contributed by atoms with Crippen molar-refractivity contribution in [3.63, 3.8) is 0 Å². The molecule has 1 aliphatic rings. The van der Waals surface area contributed by atoms with Crippen LogP contribution in [0, 0.1) is 0 Å². The Morgan fingerprint density at radius 2 is 1.70 bits per heavy atom. The van der Waals surface area contributed by atoms with E-state index in [1.165, 1.54) is 0 Å². The van der Waals surface area contributed by atoms with Crippen LogP contribution < -0.4 is 0 Å². The predicted molar refractivity (Wildman–Crippen MR) is 110 cm³/mol. The van der Waals surface area contributed by atoms with Gasteiger partial charge in [0.25, 0.3) is 5.91 Å². The second-order valence-corrected chi connectivity index (χ2v) is 7.89. The Bertz CT molecular complexity index is 920. The van der Waals surface area contributed by atoms with Crippen LogP contribution in [0.2, 0.25) is 5.02 Å². The van der Waals surface area contributed by atoms with Gasteiger partial charge in [-0.3, -0.25) is 9.69 Å². The number of thiazole rings is 1. The van der Waals surface area contributed by atoms with Crippen molar-refractivity contribution in [3.8, 4) is 11.3 Å². The number of piperazine rings is 1. The van der Waals surface area contributed by atoms with Crippen molar-refractivity contribution < 1.29 is 4.79 Å². The van der Waals surface area contributed by atoms with Gasteiger partial charge in [0, 0.05) is 37.1 Å². The molecule has 6 heteroatoms. The highest BCUT2D eigenvalue weighted by Crippen LogP contribution is 2.23. The summed E-state index contributed by atoms with van der Waals surface area (Å²) < 4.78 is 0. The van der Waals surface area contributed by atoms with Gasteiger partial charge in [0.2, 0.25) is 0 Å². The summed E-state index contributed by atoms with van der Waals surface area (Å²) in [4.78, 5) is 21.7. The standard InChI is InChI=1S/C21H20ClN3OS/c22-18-9-5-4-8-17(18)21(26)25-12-10-24(11-13-25)14-20-23-19(15-27-20)16-6-2-1-3-7-16/h1-9,15H,10-14H2. The Kier molecular flexibility index (Phi) is 5.53. The smallest absolute Gasteiger partial charge is 0.255 e. The molecule has 0 saturated carbocycles. The summed E-state index contributed by atoms with van der Waals surface area (Å²) in [5.74, 6) is 0.0147. The van der Waals surface area contributed by atoms with Crippen molar-refractivity contribution in [1.82, 2.24) is 14.8 Å². The number of benzene rings is 2. The molecule has 0 bridgehead atoms. The van der Waals surface area contributed by atoms with Crippen molar-refractivity contribution in [1.29, 1.82) is 0 Å². The summed E-state index contributed by atoms with van der Waals surface area (Å²) in [6.45, 7) is 3.93. The molecular weight excluding hydrogens is 378 g/mol. The van der Waals surface area contributed by atoms with Gasteiger partial charge in [-0.05, 0) is 12.1 Å². The molecule has 0 N–H and O–H groups in total. The third kappa shape index (κ3) is 4.21. The van der Waals surface area contributed by atoms with Crippen LogP contribution in [-0.2, 0) is 6.54 Å². The quantitative estimate of drug-likeness (QED) is 0.653. The summed E-state index contributed by atoms with van der Waals surface area (Å²) in [7, 11) is 0. The molecule has 0 aliphatic carbocycles. The van der Waals surface area contributed by atoms with Gasteiger partial charge in [-0.1, -0.05) is 54.1 Å². The maximum absolute atomic E-state index is 12.7. The van der Waals surface area contributed by atoms with Gasteiger partial charge in [-0.2, -0.15) is 0 Å². The molecule has 2 heterocycles. The lowest BCUT2D eigenvalue weighted by molar-refractivity contribution is 0.0628. The lowest BCUT2D eigenvalue weighted by atomic mass is 10.2. The first-order valence-corrected chi connectivity index (χ1v) is 10.2. The SMILES string of the molecule is O=C(c1ccccc1Cl)N1CCN(Cc2nc(-c3ccccc3)cs2)CC1. The zero-order chi connectivity index (χ0) is 18.6. The number of hydrogen-bond acceptors (Lipinski definition) is 4. The van der Waals surface area contributed by atoms with E-state index in [2.05, 4.69) is 22.4 Å². The minimum absolute atomic E-state index is 0.0147. The molecule has 27 heavy (non-hydrogen) atoms. The number of amides is 1. The van der Waals surface area contributed by atoms with Crippen LogP contribution in [0.1, 0.15) is 15.4 Å². The number of carbonyl (C=O) groups excluding carboxylic acids is 1. The van der Waals surface area contributed by atoms with Crippen molar-refractivity contribution in [2.24, 2.45) is 0 Å². The average molecular weight is 398 g/mol. The lowest BCUT2D eigenvalue weighted by Gasteiger charge is -2.34. The van der Waals surface area contributed by atoms with Crippen LogP contribution >= 0.6 is 22.9 Å². The van der Waals surface area contributed by atoms with Gasteiger partial charge < -0.3 is 4.90 Å². The second-order valence-electron chi connectivity index (χ2n) is 6.54. The average Bonchev–Trinajstić information content (AvgIpc) is 3.18. The summed E-state index contributed by atoms with van der Waals surface area (Å²) in [5, 5.41) is 3.74. The number of halogens is 1. The fourth-order valence-electron chi connectivity index (χ4n) is 3.23. The molecule has 1 aromatic heterocycles. The Labute approximate surface area is 168 Å². The maximum atomic E-state index is 12.7. The highest BCUT2D eigenvalue weighted by molar-refractivity contribution is 7.09. The van der Waals surface area contributed by atoms with E-state index >= 15 is 0 Å². The lowest BCUT2D eigenvalue weighted by Crippen LogP contribution is -2.48. The van der Waals surface area contributed by atoms with Gasteiger partial charge in [0.15, 0.2) is 0 Å². The first-order chi connectivity index (χ1) is 13.2. The molecule has 3 aromatic rings. The number of aromatic nitrogens is 1. The first-order valence-electron chi connectivity index (χ1n) is 8.97. The third-order valence-electron chi connectivity index (χ3n) is 4.74. The molecule has 138 valence electrons. The topological polar surface area (TPSA) is 36.4 Å². The zero-order valence-electron chi connectivity index (χ0n) is 14.8. The minimum atomic E-state index is 0.0147. The van der Waals surface area contributed by atoms with E-state index in [4.69, 9.17) is 16.6 Å². The molecule has 0 spiro atoms. The highest BCUT2D eigenvalue weighted by Gasteiger charge is 2.23. The van der Waals surface area contributed by atoms with Crippen molar-refractivity contribution in [2.75, 3.05) is 26.2 Å². The first kappa shape index (κ1) is 18.2. The van der Waals surface area contributed by atoms with Crippen LogP contribution in [0.4, 0.5) is 0 Å². The molecule has 1 amide bonds. The summed E-state index contributed by atoms with van der Waals surface area (Å²) >= 11 is 7.86. The summed E-state index contributed by atoms with van der Waals surface area (Å²) in [5.41, 5.74) is 2.76. The Hall–Kier alpha value is -2.21. The zero-order valence-corrected chi connectivity index (χ0v) is 16.4. The van der Waals surface area contributed by atoms with E-state index in [0.717, 1.165) is 35.9 Å². The fraction of sp³-hybridized carbons (Fsp3) is 0.238. The molecule has 1 fully saturated rings. The van der Waals surface area contributed by atoms with Crippen LogP contribution in [0.5, 0.6) is 0 Å². The van der Waals surface area contributed by atoms with Gasteiger partial charge in [0.05, 0.1) is 22.8 Å². The molecule has 4 rings (SSSR count). The fourth-order valence-corrected chi connectivity index (χ4v) is 4.29. The largest absolute Gasteiger partial charge is 0.336 e. The van der Waals surface area contributed by atoms with Crippen LogP contribution in [0.25, 0.3) is 11.3 Å². The van der Waals surface area contributed by atoms with E-state index in [1.807, 2.05) is 35.2 Å². The maximum Gasteiger partial charge on any atom is 0.255 e. The molecular formula is C21H20ClN3OS. The van der Waals surface area contributed by atoms with Crippen LogP contribution in [-0.4, -0.2) is 46.9 Å². The van der Waals surface area contributed by atoms with E-state index in [9.17, 15) is 4.79 Å². The summed E-state index contributed by atoms with van der Waals surface area (Å²) in [6, 6.07) is 17.5. The van der Waals surface area contributed by atoms with Crippen LogP contribution in [0.15, 0.2) is 60.0 Å². The molecule has 2 aromatic carbocycles. The Balaban J connectivity index is 1.34. The Morgan fingerprint density at radius 3 is 2.44 bits per heavy atom. The molecule has 4 nitrogen and oxygen atoms in total. The van der Waals surface area contributed by atoms with E-state index in [1.54, 1.807) is 23.5 Å². The van der Waals surface area contributed by atoms with Crippen LogP contribution in [0.3, 0.4) is 0 Å². The predicted octanol–water partition coefficient (Wildman–Crippen LogP) is 4.42. The van der Waals surface area contributed by atoms with Gasteiger partial charge >= 0.3 is 0 Å². The number of rotatable bonds is 4. The minimum Gasteiger partial charge on any atom is -0.336 e. The van der Waals surface area contributed by atoms with Crippen molar-refractivity contribution in [2.45, 2.75) is 6.54 Å². The number of hydrogen-bond donors (Lipinski definition) is 0. The number of nitrogens with zero attached hydrogens (tertiary/aromatic N) is 3. The van der Waals surface area contributed by atoms with Gasteiger partial charge in [-0.25, -0.2) is 4.98 Å². The molecule has 1 saturated heterocycles.